The van der Waals surface area contributed by atoms with Gasteiger partial charge >= 0.3 is 0 Å². The Morgan fingerprint density at radius 1 is 1.23 bits per heavy atom. The van der Waals surface area contributed by atoms with Crippen molar-refractivity contribution in [1.29, 1.82) is 0 Å². The highest BCUT2D eigenvalue weighted by Gasteiger charge is 2.33. The molecule has 1 amide bonds. The zero-order valence-corrected chi connectivity index (χ0v) is 18.1. The molecule has 3 aromatic rings. The Morgan fingerprint density at radius 3 is 2.68 bits per heavy atom. The molecule has 1 aliphatic rings. The van der Waals surface area contributed by atoms with Crippen LogP contribution in [0.1, 0.15) is 12.5 Å². The number of nitrogens with zero attached hydrogens (tertiary/aromatic N) is 3. The van der Waals surface area contributed by atoms with Crippen molar-refractivity contribution in [3.05, 3.63) is 54.1 Å². The summed E-state index contributed by atoms with van der Waals surface area (Å²) in [4.78, 5) is 21.8. The third kappa shape index (κ3) is 4.18. The SMILES string of the molecule is Cc1ccc(NC(=O)C(C)N2CCN(S(=O)(=O)c3c[nH]c4ncccc34)CC2)cc1F. The first-order valence-electron chi connectivity index (χ1n) is 10.0. The van der Waals surface area contributed by atoms with Crippen molar-refractivity contribution in [2.75, 3.05) is 31.5 Å². The van der Waals surface area contributed by atoms with Gasteiger partial charge in [0.15, 0.2) is 0 Å². The van der Waals surface area contributed by atoms with Crippen molar-refractivity contribution in [1.82, 2.24) is 19.2 Å². The summed E-state index contributed by atoms with van der Waals surface area (Å²) in [5.74, 6) is -0.640. The molecule has 2 aromatic heterocycles. The highest BCUT2D eigenvalue weighted by atomic mass is 32.2. The molecule has 10 heteroatoms. The molecule has 1 fully saturated rings. The number of nitrogens with one attached hydrogen (secondary N) is 2. The first-order chi connectivity index (χ1) is 14.8. The van der Waals surface area contributed by atoms with E-state index in [-0.39, 0.29) is 29.7 Å². The molecule has 1 atom stereocenters. The van der Waals surface area contributed by atoms with E-state index in [2.05, 4.69) is 15.3 Å². The second kappa shape index (κ2) is 8.37. The maximum absolute atomic E-state index is 13.7. The predicted octanol–water partition coefficient (Wildman–Crippen LogP) is 2.34. The predicted molar refractivity (Wildman–Crippen MR) is 116 cm³/mol. The zero-order chi connectivity index (χ0) is 22.2. The van der Waals surface area contributed by atoms with E-state index in [0.717, 1.165) is 0 Å². The van der Waals surface area contributed by atoms with Gasteiger partial charge in [-0.3, -0.25) is 9.69 Å². The number of hydrogen-bond acceptors (Lipinski definition) is 5. The van der Waals surface area contributed by atoms with Gasteiger partial charge in [-0.15, -0.1) is 0 Å². The third-order valence-corrected chi connectivity index (χ3v) is 7.61. The van der Waals surface area contributed by atoms with Gasteiger partial charge in [0.2, 0.25) is 15.9 Å². The molecule has 8 nitrogen and oxygen atoms in total. The Kier molecular flexibility index (Phi) is 5.78. The average Bonchev–Trinajstić information content (AvgIpc) is 3.21. The smallest absolute Gasteiger partial charge is 0.245 e. The number of fused-ring (bicyclic) bond motifs is 1. The van der Waals surface area contributed by atoms with Crippen molar-refractivity contribution < 1.29 is 17.6 Å². The molecule has 4 rings (SSSR count). The van der Waals surface area contributed by atoms with Crippen LogP contribution >= 0.6 is 0 Å². The maximum Gasteiger partial charge on any atom is 0.245 e. The number of carbonyl (C=O) groups is 1. The van der Waals surface area contributed by atoms with Gasteiger partial charge in [0.25, 0.3) is 0 Å². The number of pyridine rings is 1. The minimum absolute atomic E-state index is 0.205. The van der Waals surface area contributed by atoms with Gasteiger partial charge in [-0.1, -0.05) is 6.07 Å². The molecule has 0 radical (unpaired) electrons. The van der Waals surface area contributed by atoms with Gasteiger partial charge < -0.3 is 10.3 Å². The van der Waals surface area contributed by atoms with Crippen LogP contribution in [0.5, 0.6) is 0 Å². The maximum atomic E-state index is 13.7. The van der Waals surface area contributed by atoms with Gasteiger partial charge in [-0.05, 0) is 43.7 Å². The summed E-state index contributed by atoms with van der Waals surface area (Å²) in [7, 11) is -3.68. The number of sulfonamides is 1. The number of hydrogen-bond donors (Lipinski definition) is 2. The fraction of sp³-hybridized carbons (Fsp3) is 0.333. The van der Waals surface area contributed by atoms with Crippen LogP contribution < -0.4 is 5.32 Å². The monoisotopic (exact) mass is 445 g/mol. The van der Waals surface area contributed by atoms with Crippen LogP contribution in [0.15, 0.2) is 47.6 Å². The molecule has 2 N–H and O–H groups in total. The summed E-state index contributed by atoms with van der Waals surface area (Å²) in [6, 6.07) is 7.51. The molecule has 0 bridgehead atoms. The largest absolute Gasteiger partial charge is 0.345 e. The fourth-order valence-corrected chi connectivity index (χ4v) is 5.27. The van der Waals surface area contributed by atoms with E-state index in [4.69, 9.17) is 0 Å². The normalized spacial score (nSPS) is 17.0. The van der Waals surface area contributed by atoms with Crippen LogP contribution in [-0.4, -0.2) is 65.7 Å². The Balaban J connectivity index is 1.40. The number of piperazine rings is 1. The average molecular weight is 446 g/mol. The van der Waals surface area contributed by atoms with E-state index in [1.807, 2.05) is 4.90 Å². The molecule has 0 aliphatic carbocycles. The molecule has 0 spiro atoms. The van der Waals surface area contributed by atoms with Gasteiger partial charge in [-0.2, -0.15) is 4.31 Å². The standard InChI is InChI=1S/C21H24FN5O3S/c1-14-5-6-16(12-18(14)22)25-21(28)15(2)26-8-10-27(11-9-26)31(29,30)19-13-24-20-17(19)4-3-7-23-20/h3-7,12-13,15H,8-11H2,1-2H3,(H,23,24)(H,25,28). The Morgan fingerprint density at radius 2 is 1.97 bits per heavy atom. The third-order valence-electron chi connectivity index (χ3n) is 5.67. The summed E-state index contributed by atoms with van der Waals surface area (Å²) in [5.41, 5.74) is 1.43. The number of benzene rings is 1. The second-order valence-electron chi connectivity index (χ2n) is 7.62. The lowest BCUT2D eigenvalue weighted by molar-refractivity contribution is -0.121. The molecular formula is C21H24FN5O3S. The molecule has 1 unspecified atom stereocenters. The van der Waals surface area contributed by atoms with Crippen LogP contribution in [0.25, 0.3) is 11.0 Å². The lowest BCUT2D eigenvalue weighted by Gasteiger charge is -2.36. The molecular weight excluding hydrogens is 421 g/mol. The first kappa shape index (κ1) is 21.4. The molecule has 31 heavy (non-hydrogen) atoms. The van der Waals surface area contributed by atoms with Crippen LogP contribution in [-0.2, 0) is 14.8 Å². The van der Waals surface area contributed by atoms with E-state index in [0.29, 0.717) is 35.4 Å². The fourth-order valence-electron chi connectivity index (χ4n) is 3.70. The molecule has 164 valence electrons. The molecule has 0 saturated carbocycles. The number of carbonyl (C=O) groups excluding carboxylic acids is 1. The number of amides is 1. The van der Waals surface area contributed by atoms with Crippen molar-refractivity contribution >= 4 is 32.7 Å². The zero-order valence-electron chi connectivity index (χ0n) is 17.3. The van der Waals surface area contributed by atoms with E-state index in [9.17, 15) is 17.6 Å². The van der Waals surface area contributed by atoms with Crippen LogP contribution in [0.4, 0.5) is 10.1 Å². The Bertz CT molecular complexity index is 1220. The minimum Gasteiger partial charge on any atom is -0.345 e. The molecule has 3 heterocycles. The van der Waals surface area contributed by atoms with Gasteiger partial charge in [-0.25, -0.2) is 17.8 Å². The lowest BCUT2D eigenvalue weighted by atomic mass is 10.2. The van der Waals surface area contributed by atoms with Crippen LogP contribution in [0, 0.1) is 12.7 Å². The van der Waals surface area contributed by atoms with E-state index < -0.39 is 16.1 Å². The van der Waals surface area contributed by atoms with Gasteiger partial charge in [0.05, 0.1) is 6.04 Å². The highest BCUT2D eigenvalue weighted by Crippen LogP contribution is 2.25. The second-order valence-corrected chi connectivity index (χ2v) is 9.53. The number of H-pyrrole nitrogens is 1. The van der Waals surface area contributed by atoms with Crippen molar-refractivity contribution in [3.8, 4) is 0 Å². The van der Waals surface area contributed by atoms with Gasteiger partial charge in [0, 0.05) is 49.6 Å². The van der Waals surface area contributed by atoms with Crippen LogP contribution in [0.3, 0.4) is 0 Å². The van der Waals surface area contributed by atoms with Gasteiger partial charge in [0.1, 0.15) is 16.4 Å². The number of aromatic nitrogens is 2. The number of aromatic amines is 1. The van der Waals surface area contributed by atoms with Crippen molar-refractivity contribution in [2.45, 2.75) is 24.8 Å². The number of anilines is 1. The summed E-state index contributed by atoms with van der Waals surface area (Å²) in [5, 5.41) is 3.29. The molecule has 1 aliphatic heterocycles. The molecule has 1 aromatic carbocycles. The Hall–Kier alpha value is -2.82. The Labute approximate surface area is 180 Å². The summed E-state index contributed by atoms with van der Waals surface area (Å²) in [6.45, 7) is 4.78. The topological polar surface area (TPSA) is 98.4 Å². The van der Waals surface area contributed by atoms with Crippen LogP contribution in [0.2, 0.25) is 0 Å². The van der Waals surface area contributed by atoms with E-state index in [1.54, 1.807) is 44.3 Å². The number of halogens is 1. The number of rotatable bonds is 5. The molecule has 1 saturated heterocycles. The number of aryl methyl sites for hydroxylation is 1. The highest BCUT2D eigenvalue weighted by molar-refractivity contribution is 7.89. The summed E-state index contributed by atoms with van der Waals surface area (Å²) in [6.07, 6.45) is 3.07. The lowest BCUT2D eigenvalue weighted by Crippen LogP contribution is -2.53. The quantitative estimate of drug-likeness (QED) is 0.628. The minimum atomic E-state index is -3.68. The summed E-state index contributed by atoms with van der Waals surface area (Å²) < 4.78 is 41.4. The summed E-state index contributed by atoms with van der Waals surface area (Å²) >= 11 is 0. The van der Waals surface area contributed by atoms with E-state index >= 15 is 0 Å². The van der Waals surface area contributed by atoms with Crippen molar-refractivity contribution in [2.24, 2.45) is 0 Å². The first-order valence-corrected chi connectivity index (χ1v) is 11.4. The van der Waals surface area contributed by atoms with E-state index in [1.165, 1.54) is 16.6 Å². The van der Waals surface area contributed by atoms with Crippen molar-refractivity contribution in [3.63, 3.8) is 0 Å².